The molecule has 0 radical (unpaired) electrons. The number of benzene rings is 1. The number of hydrogen-bond donors (Lipinski definition) is 1. The summed E-state index contributed by atoms with van der Waals surface area (Å²) in [6.07, 6.45) is 2.66. The molecule has 1 aromatic heterocycles. The number of imidazole rings is 1. The number of carbonyl (C=O) groups is 1. The molecule has 0 bridgehead atoms. The van der Waals surface area contributed by atoms with E-state index in [0.29, 0.717) is 0 Å². The number of hydrogen-bond acceptors (Lipinski definition) is 2. The fourth-order valence-corrected chi connectivity index (χ4v) is 1.49. The van der Waals surface area contributed by atoms with Crippen molar-refractivity contribution in [2.75, 3.05) is 0 Å². The summed E-state index contributed by atoms with van der Waals surface area (Å²) in [4.78, 5) is 14.8. The van der Waals surface area contributed by atoms with E-state index in [4.69, 9.17) is 5.73 Å². The minimum atomic E-state index is -0.672. The number of aromatic nitrogens is 2. The Bertz CT molecular complexity index is 566. The van der Waals surface area contributed by atoms with Crippen molar-refractivity contribution in [3.63, 3.8) is 0 Å². The van der Waals surface area contributed by atoms with Crippen molar-refractivity contribution < 1.29 is 13.6 Å². The first kappa shape index (κ1) is 11.3. The van der Waals surface area contributed by atoms with Crippen LogP contribution in [0.25, 0.3) is 0 Å². The third-order valence-corrected chi connectivity index (χ3v) is 2.32. The van der Waals surface area contributed by atoms with E-state index in [1.165, 1.54) is 23.2 Å². The highest BCUT2D eigenvalue weighted by molar-refractivity contribution is 5.90. The molecule has 0 saturated carbocycles. The molecule has 4 nitrogen and oxygen atoms in total. The molecular formula is C11H9F2N3O. The molecule has 2 N–H and O–H groups in total. The van der Waals surface area contributed by atoms with Crippen molar-refractivity contribution in [2.45, 2.75) is 6.54 Å². The Labute approximate surface area is 95.7 Å². The van der Waals surface area contributed by atoms with Crippen LogP contribution in [-0.2, 0) is 6.54 Å². The molecule has 0 aliphatic rings. The lowest BCUT2D eigenvalue weighted by molar-refractivity contribution is 0.0992. The van der Waals surface area contributed by atoms with E-state index in [1.54, 1.807) is 0 Å². The van der Waals surface area contributed by atoms with E-state index in [-0.39, 0.29) is 17.8 Å². The number of halogens is 2. The maximum atomic E-state index is 13.4. The largest absolute Gasteiger partial charge is 0.364 e. The predicted molar refractivity (Wildman–Crippen MR) is 56.2 cm³/mol. The van der Waals surface area contributed by atoms with Gasteiger partial charge in [0.15, 0.2) is 0 Å². The van der Waals surface area contributed by atoms with Gasteiger partial charge in [0.2, 0.25) is 0 Å². The molecular weight excluding hydrogens is 228 g/mol. The minimum absolute atomic E-state index is 0.0738. The standard InChI is InChI=1S/C11H9F2N3O/c12-8-2-1-7(9(13)3-8)5-16-6-15-4-10(16)11(14)17/h1-4,6H,5H2,(H2,14,17). The SMILES string of the molecule is NC(=O)c1cncn1Cc1ccc(F)cc1F. The molecule has 2 aromatic rings. The second kappa shape index (κ2) is 4.32. The van der Waals surface area contributed by atoms with Gasteiger partial charge in [-0.1, -0.05) is 6.07 Å². The zero-order valence-electron chi connectivity index (χ0n) is 8.73. The van der Waals surface area contributed by atoms with E-state index in [1.807, 2.05) is 0 Å². The van der Waals surface area contributed by atoms with Crippen LogP contribution in [0.5, 0.6) is 0 Å². The monoisotopic (exact) mass is 237 g/mol. The number of primary amides is 1. The highest BCUT2D eigenvalue weighted by Gasteiger charge is 2.10. The van der Waals surface area contributed by atoms with Crippen molar-refractivity contribution in [1.29, 1.82) is 0 Å². The Hall–Kier alpha value is -2.24. The Kier molecular flexibility index (Phi) is 2.86. The minimum Gasteiger partial charge on any atom is -0.364 e. The molecule has 0 fully saturated rings. The normalized spacial score (nSPS) is 10.5. The van der Waals surface area contributed by atoms with Crippen molar-refractivity contribution >= 4 is 5.91 Å². The number of nitrogens with zero attached hydrogens (tertiary/aromatic N) is 2. The Morgan fingerprint density at radius 3 is 2.82 bits per heavy atom. The molecule has 0 spiro atoms. The summed E-state index contributed by atoms with van der Waals surface area (Å²) in [5.74, 6) is -1.97. The lowest BCUT2D eigenvalue weighted by atomic mass is 10.2. The lowest BCUT2D eigenvalue weighted by Crippen LogP contribution is -2.17. The highest BCUT2D eigenvalue weighted by Crippen LogP contribution is 2.12. The van der Waals surface area contributed by atoms with E-state index in [0.717, 1.165) is 12.1 Å². The molecule has 6 heteroatoms. The summed E-state index contributed by atoms with van der Waals surface area (Å²) in [5, 5.41) is 0. The zero-order chi connectivity index (χ0) is 12.4. The first-order valence-electron chi connectivity index (χ1n) is 4.82. The average Bonchev–Trinajstić information content (AvgIpc) is 2.70. The molecule has 1 heterocycles. The molecule has 0 unspecified atom stereocenters. The third-order valence-electron chi connectivity index (χ3n) is 2.32. The van der Waals surface area contributed by atoms with Gasteiger partial charge in [-0.2, -0.15) is 0 Å². The number of carbonyl (C=O) groups excluding carboxylic acids is 1. The van der Waals surface area contributed by atoms with Gasteiger partial charge in [0, 0.05) is 11.6 Å². The van der Waals surface area contributed by atoms with Crippen molar-refractivity contribution in [2.24, 2.45) is 5.73 Å². The lowest BCUT2D eigenvalue weighted by Gasteiger charge is -2.06. The molecule has 88 valence electrons. The smallest absolute Gasteiger partial charge is 0.266 e. The second-order valence-corrected chi connectivity index (χ2v) is 3.51. The summed E-state index contributed by atoms with van der Waals surface area (Å²) in [7, 11) is 0. The van der Waals surface area contributed by atoms with Gasteiger partial charge in [0.25, 0.3) is 5.91 Å². The van der Waals surface area contributed by atoms with Gasteiger partial charge in [-0.3, -0.25) is 4.79 Å². The third kappa shape index (κ3) is 2.30. The van der Waals surface area contributed by atoms with Crippen LogP contribution in [0.3, 0.4) is 0 Å². The molecule has 0 atom stereocenters. The molecule has 2 rings (SSSR count). The van der Waals surface area contributed by atoms with Gasteiger partial charge in [0.1, 0.15) is 17.3 Å². The van der Waals surface area contributed by atoms with Crippen LogP contribution in [0.4, 0.5) is 8.78 Å². The van der Waals surface area contributed by atoms with Gasteiger partial charge in [-0.15, -0.1) is 0 Å². The van der Waals surface area contributed by atoms with E-state index in [9.17, 15) is 13.6 Å². The van der Waals surface area contributed by atoms with Crippen LogP contribution in [0.2, 0.25) is 0 Å². The molecule has 0 saturated heterocycles. The van der Waals surface area contributed by atoms with Crippen LogP contribution >= 0.6 is 0 Å². The number of amides is 1. The first-order chi connectivity index (χ1) is 8.08. The fraction of sp³-hybridized carbons (Fsp3) is 0.0909. The van der Waals surface area contributed by atoms with Crippen LogP contribution in [0.15, 0.2) is 30.7 Å². The quantitative estimate of drug-likeness (QED) is 0.874. The summed E-state index contributed by atoms with van der Waals surface area (Å²) in [6, 6.07) is 3.25. The van der Waals surface area contributed by atoms with E-state index < -0.39 is 17.5 Å². The highest BCUT2D eigenvalue weighted by atomic mass is 19.1. The fourth-order valence-electron chi connectivity index (χ4n) is 1.49. The summed E-state index contributed by atoms with van der Waals surface area (Å²) in [6.45, 7) is 0.0738. The van der Waals surface area contributed by atoms with Crippen LogP contribution in [0.1, 0.15) is 16.1 Å². The van der Waals surface area contributed by atoms with Gasteiger partial charge in [0.05, 0.1) is 19.1 Å². The van der Waals surface area contributed by atoms with E-state index in [2.05, 4.69) is 4.98 Å². The van der Waals surface area contributed by atoms with Gasteiger partial charge in [-0.05, 0) is 6.07 Å². The molecule has 1 amide bonds. The second-order valence-electron chi connectivity index (χ2n) is 3.51. The van der Waals surface area contributed by atoms with Crippen LogP contribution in [-0.4, -0.2) is 15.5 Å². The van der Waals surface area contributed by atoms with Crippen molar-refractivity contribution in [3.8, 4) is 0 Å². The predicted octanol–water partition coefficient (Wildman–Crippen LogP) is 1.31. The Balaban J connectivity index is 2.31. The zero-order valence-corrected chi connectivity index (χ0v) is 8.73. The molecule has 1 aromatic carbocycles. The van der Waals surface area contributed by atoms with E-state index >= 15 is 0 Å². The number of nitrogens with two attached hydrogens (primary N) is 1. The summed E-state index contributed by atoms with van der Waals surface area (Å²) in [5.41, 5.74) is 5.55. The number of rotatable bonds is 3. The molecule has 17 heavy (non-hydrogen) atoms. The summed E-state index contributed by atoms with van der Waals surface area (Å²) >= 11 is 0. The first-order valence-corrected chi connectivity index (χ1v) is 4.82. The van der Waals surface area contributed by atoms with Crippen molar-refractivity contribution in [3.05, 3.63) is 53.6 Å². The Morgan fingerprint density at radius 2 is 2.18 bits per heavy atom. The van der Waals surface area contributed by atoms with Crippen LogP contribution < -0.4 is 5.73 Å². The van der Waals surface area contributed by atoms with Gasteiger partial charge in [-0.25, -0.2) is 13.8 Å². The average molecular weight is 237 g/mol. The van der Waals surface area contributed by atoms with Gasteiger partial charge >= 0.3 is 0 Å². The van der Waals surface area contributed by atoms with Crippen LogP contribution in [0, 0.1) is 11.6 Å². The maximum absolute atomic E-state index is 13.4. The van der Waals surface area contributed by atoms with Crippen molar-refractivity contribution in [1.82, 2.24) is 9.55 Å². The molecule has 0 aliphatic carbocycles. The molecule has 0 aliphatic heterocycles. The topological polar surface area (TPSA) is 60.9 Å². The maximum Gasteiger partial charge on any atom is 0.266 e. The summed E-state index contributed by atoms with van der Waals surface area (Å²) < 4.78 is 27.5. The Morgan fingerprint density at radius 1 is 1.41 bits per heavy atom. The van der Waals surface area contributed by atoms with Gasteiger partial charge < -0.3 is 10.3 Å².